The maximum Gasteiger partial charge on any atom is 0.269 e. The number of hydrogen-bond acceptors (Lipinski definition) is 8. The van der Waals surface area contributed by atoms with Crippen molar-refractivity contribution in [3.8, 4) is 0 Å². The normalized spacial score (nSPS) is 29.5. The molecule has 4 rings (SSSR count). The number of oxime groups is 1. The first-order chi connectivity index (χ1) is 13.3. The number of aromatic nitrogens is 2. The Morgan fingerprint density at radius 3 is 3.04 bits per heavy atom. The highest BCUT2D eigenvalue weighted by Gasteiger charge is 2.45. The lowest BCUT2D eigenvalue weighted by Crippen LogP contribution is -2.49. The fraction of sp³-hybridized carbons (Fsp3) is 0.667. The van der Waals surface area contributed by atoms with Crippen LogP contribution in [0.2, 0.25) is 0 Å². The molecule has 1 aromatic heterocycles. The Morgan fingerprint density at radius 2 is 2.29 bits per heavy atom. The number of amides is 1. The van der Waals surface area contributed by atoms with Gasteiger partial charge < -0.3 is 10.2 Å². The molecule has 0 aromatic carbocycles. The fourth-order valence-electron chi connectivity index (χ4n) is 4.19. The van der Waals surface area contributed by atoms with E-state index in [-0.39, 0.29) is 23.5 Å². The molecule has 2 saturated heterocycles. The fourth-order valence-corrected chi connectivity index (χ4v) is 5.86. The number of nitrogens with one attached hydrogen (secondary N) is 1. The summed E-state index contributed by atoms with van der Waals surface area (Å²) in [5, 5.41) is 6.84. The Hall–Kier alpha value is -2.07. The molecular weight excluding hydrogens is 382 g/mol. The van der Waals surface area contributed by atoms with Gasteiger partial charge in [0, 0.05) is 37.9 Å². The van der Waals surface area contributed by atoms with E-state index in [1.54, 1.807) is 12.4 Å². The molecule has 2 fully saturated rings. The molecule has 0 bridgehead atoms. The minimum atomic E-state index is -3.04. The first kappa shape index (κ1) is 19.3. The van der Waals surface area contributed by atoms with E-state index in [9.17, 15) is 13.2 Å². The van der Waals surface area contributed by atoms with E-state index in [1.165, 1.54) is 0 Å². The van der Waals surface area contributed by atoms with Gasteiger partial charge in [-0.3, -0.25) is 19.7 Å². The zero-order chi connectivity index (χ0) is 19.8. The average molecular weight is 407 g/mol. The van der Waals surface area contributed by atoms with Crippen molar-refractivity contribution in [1.29, 1.82) is 0 Å². The summed E-state index contributed by atoms with van der Waals surface area (Å²) in [6.45, 7) is 4.20. The molecule has 0 saturated carbocycles. The van der Waals surface area contributed by atoms with Crippen molar-refractivity contribution in [3.05, 3.63) is 23.8 Å². The molecule has 2 atom stereocenters. The van der Waals surface area contributed by atoms with E-state index in [0.717, 1.165) is 30.8 Å². The van der Waals surface area contributed by atoms with E-state index in [1.807, 2.05) is 6.92 Å². The minimum absolute atomic E-state index is 0.00330. The van der Waals surface area contributed by atoms with Crippen LogP contribution < -0.4 is 5.32 Å². The molecule has 1 N–H and O–H groups in total. The maximum absolute atomic E-state index is 12.5. The summed E-state index contributed by atoms with van der Waals surface area (Å²) in [5.41, 5.74) is 1.65. The van der Waals surface area contributed by atoms with Crippen LogP contribution >= 0.6 is 0 Å². The number of hydrogen-bond donors (Lipinski definition) is 1. The highest BCUT2D eigenvalue weighted by Crippen LogP contribution is 2.34. The average Bonchev–Trinajstić information content (AvgIpc) is 3.18. The number of carbonyl (C=O) groups excluding carboxylic acids is 1. The third-order valence-electron chi connectivity index (χ3n) is 5.48. The number of sulfone groups is 1. The summed E-state index contributed by atoms with van der Waals surface area (Å²) in [4.78, 5) is 29.2. The van der Waals surface area contributed by atoms with Gasteiger partial charge in [0.05, 0.1) is 22.9 Å². The van der Waals surface area contributed by atoms with E-state index in [4.69, 9.17) is 4.84 Å². The molecule has 0 aliphatic carbocycles. The molecule has 152 valence electrons. The molecule has 10 heteroatoms. The number of piperidine rings is 1. The lowest BCUT2D eigenvalue weighted by molar-refractivity contribution is -0.115. The second kappa shape index (κ2) is 7.40. The van der Waals surface area contributed by atoms with Crippen LogP contribution in [0.25, 0.3) is 0 Å². The monoisotopic (exact) mass is 407 g/mol. The zero-order valence-electron chi connectivity index (χ0n) is 15.9. The molecule has 3 aliphatic heterocycles. The summed E-state index contributed by atoms with van der Waals surface area (Å²) in [6, 6.07) is -0.334. The van der Waals surface area contributed by atoms with Crippen LogP contribution in [0.4, 0.5) is 0 Å². The highest BCUT2D eigenvalue weighted by atomic mass is 32.2. The first-order valence-corrected chi connectivity index (χ1v) is 11.4. The van der Waals surface area contributed by atoms with Gasteiger partial charge in [0.15, 0.2) is 15.4 Å². The Morgan fingerprint density at radius 1 is 1.43 bits per heavy atom. The van der Waals surface area contributed by atoms with Crippen LogP contribution in [-0.4, -0.2) is 71.1 Å². The smallest absolute Gasteiger partial charge is 0.269 e. The SMILES string of the molecule is Cc1cncc(CN2CCC[C@@]3(CC(C(=O)N[C@@H]4CCS(=O)(=O)C4)=NO3)C2)n1. The maximum atomic E-state index is 12.5. The Balaban J connectivity index is 1.34. The lowest BCUT2D eigenvalue weighted by Gasteiger charge is -2.38. The van der Waals surface area contributed by atoms with Crippen LogP contribution in [0.3, 0.4) is 0 Å². The van der Waals surface area contributed by atoms with Gasteiger partial charge in [-0.05, 0) is 32.7 Å². The Labute approximate surface area is 164 Å². The largest absolute Gasteiger partial charge is 0.387 e. The van der Waals surface area contributed by atoms with E-state index >= 15 is 0 Å². The molecule has 28 heavy (non-hydrogen) atoms. The molecule has 9 nitrogen and oxygen atoms in total. The number of nitrogens with zero attached hydrogens (tertiary/aromatic N) is 4. The lowest BCUT2D eigenvalue weighted by atomic mass is 9.88. The minimum Gasteiger partial charge on any atom is -0.387 e. The Bertz CT molecular complexity index is 903. The van der Waals surface area contributed by atoms with Crippen molar-refractivity contribution in [3.63, 3.8) is 0 Å². The van der Waals surface area contributed by atoms with Gasteiger partial charge in [0.2, 0.25) is 0 Å². The van der Waals surface area contributed by atoms with Crippen molar-refractivity contribution < 1.29 is 18.0 Å². The number of likely N-dealkylation sites (tertiary alicyclic amines) is 1. The Kier molecular flexibility index (Phi) is 5.09. The van der Waals surface area contributed by atoms with Crippen LogP contribution in [0.1, 0.15) is 37.1 Å². The quantitative estimate of drug-likeness (QED) is 0.758. The van der Waals surface area contributed by atoms with Crippen LogP contribution in [0, 0.1) is 6.92 Å². The van der Waals surface area contributed by atoms with Gasteiger partial charge in [-0.25, -0.2) is 8.42 Å². The molecule has 1 amide bonds. The highest BCUT2D eigenvalue weighted by molar-refractivity contribution is 7.91. The van der Waals surface area contributed by atoms with E-state index in [2.05, 4.69) is 25.3 Å². The van der Waals surface area contributed by atoms with Gasteiger partial charge in [-0.15, -0.1) is 0 Å². The van der Waals surface area contributed by atoms with Gasteiger partial charge in [-0.2, -0.15) is 0 Å². The second-order valence-electron chi connectivity index (χ2n) is 8.03. The third-order valence-corrected chi connectivity index (χ3v) is 7.25. The summed E-state index contributed by atoms with van der Waals surface area (Å²) in [6.07, 6.45) is 6.18. The van der Waals surface area contributed by atoms with Crippen molar-refractivity contribution in [2.75, 3.05) is 24.6 Å². The van der Waals surface area contributed by atoms with Gasteiger partial charge in [0.25, 0.3) is 5.91 Å². The van der Waals surface area contributed by atoms with Gasteiger partial charge in [-0.1, -0.05) is 5.16 Å². The van der Waals surface area contributed by atoms with E-state index in [0.29, 0.717) is 31.6 Å². The van der Waals surface area contributed by atoms with E-state index < -0.39 is 15.4 Å². The van der Waals surface area contributed by atoms with Crippen molar-refractivity contribution in [2.45, 2.75) is 50.8 Å². The number of aryl methyl sites for hydroxylation is 1. The number of carbonyl (C=O) groups is 1. The van der Waals surface area contributed by atoms with Gasteiger partial charge >= 0.3 is 0 Å². The molecule has 1 aromatic rings. The van der Waals surface area contributed by atoms with Crippen LogP contribution in [0.15, 0.2) is 17.5 Å². The van der Waals surface area contributed by atoms with Crippen LogP contribution in [-0.2, 0) is 26.0 Å². The zero-order valence-corrected chi connectivity index (χ0v) is 16.7. The van der Waals surface area contributed by atoms with Crippen molar-refractivity contribution in [1.82, 2.24) is 20.2 Å². The van der Waals surface area contributed by atoms with Crippen LogP contribution in [0.5, 0.6) is 0 Å². The molecular formula is C18H25N5O4S. The number of rotatable bonds is 4. The topological polar surface area (TPSA) is 114 Å². The second-order valence-corrected chi connectivity index (χ2v) is 10.3. The summed E-state index contributed by atoms with van der Waals surface area (Å²) < 4.78 is 23.1. The molecule has 1 spiro atoms. The summed E-state index contributed by atoms with van der Waals surface area (Å²) >= 11 is 0. The van der Waals surface area contributed by atoms with Gasteiger partial charge in [0.1, 0.15) is 5.71 Å². The standard InChI is InChI=1S/C18H25N5O4S/c1-13-8-19-9-15(20-13)10-23-5-2-4-18(12-23)7-16(22-27-18)17(24)21-14-3-6-28(25,26)11-14/h8-9,14H,2-7,10-12H2,1H3,(H,21,24)/t14-,18-/m1/s1. The molecule has 4 heterocycles. The predicted octanol–water partition coefficient (Wildman–Crippen LogP) is 0.199. The first-order valence-electron chi connectivity index (χ1n) is 9.59. The molecule has 3 aliphatic rings. The summed E-state index contributed by atoms with van der Waals surface area (Å²) in [7, 11) is -3.04. The molecule has 0 unspecified atom stereocenters. The van der Waals surface area contributed by atoms with Crippen molar-refractivity contribution in [2.24, 2.45) is 5.16 Å². The third kappa shape index (κ3) is 4.33. The predicted molar refractivity (Wildman–Crippen MR) is 102 cm³/mol. The molecule has 0 radical (unpaired) electrons. The van der Waals surface area contributed by atoms with Crippen molar-refractivity contribution >= 4 is 21.5 Å². The summed E-state index contributed by atoms with van der Waals surface area (Å²) in [5.74, 6) is -0.189.